The van der Waals surface area contributed by atoms with E-state index in [-0.39, 0.29) is 45.5 Å². The monoisotopic (exact) mass is 328 g/mol. The molecule has 7 nitrogen and oxygen atoms in total. The summed E-state index contributed by atoms with van der Waals surface area (Å²) in [5.41, 5.74) is 0.146. The van der Waals surface area contributed by atoms with Crippen LogP contribution in [0, 0.1) is 6.92 Å². The highest BCUT2D eigenvalue weighted by Gasteiger charge is 2.23. The van der Waals surface area contributed by atoms with Crippen molar-refractivity contribution in [3.63, 3.8) is 0 Å². The van der Waals surface area contributed by atoms with Gasteiger partial charge in [-0.15, -0.1) is 0 Å². The summed E-state index contributed by atoms with van der Waals surface area (Å²) < 4.78 is 6.28. The predicted molar refractivity (Wildman–Crippen MR) is 88.5 cm³/mol. The highest BCUT2D eigenvalue weighted by Crippen LogP contribution is 2.39. The van der Waals surface area contributed by atoms with Crippen LogP contribution in [0.1, 0.15) is 22.8 Å². The number of hydrogen-bond donors (Lipinski definition) is 2. The fourth-order valence-corrected chi connectivity index (χ4v) is 2.78. The second kappa shape index (κ2) is 5.52. The first-order valence-corrected chi connectivity index (χ1v) is 7.37. The quantitative estimate of drug-likeness (QED) is 0.424. The van der Waals surface area contributed by atoms with E-state index in [1.54, 1.807) is 33.2 Å². The van der Waals surface area contributed by atoms with Gasteiger partial charge in [-0.2, -0.15) is 0 Å². The first kappa shape index (κ1) is 15.8. The SMILES string of the molecule is CCOC(=O)c1cn(C)c2c(O)c3ncc(C)cc3c(O)c2c1=O. The number of nitrogens with zero attached hydrogens (tertiary/aromatic N) is 2. The van der Waals surface area contributed by atoms with E-state index in [2.05, 4.69) is 4.98 Å². The van der Waals surface area contributed by atoms with Gasteiger partial charge in [-0.1, -0.05) is 0 Å². The van der Waals surface area contributed by atoms with E-state index in [9.17, 15) is 19.8 Å². The Morgan fingerprint density at radius 3 is 2.71 bits per heavy atom. The maximum Gasteiger partial charge on any atom is 0.343 e. The van der Waals surface area contributed by atoms with E-state index < -0.39 is 11.4 Å². The van der Waals surface area contributed by atoms with Gasteiger partial charge in [0.2, 0.25) is 5.43 Å². The van der Waals surface area contributed by atoms with Crippen LogP contribution in [0.25, 0.3) is 21.8 Å². The van der Waals surface area contributed by atoms with Crippen molar-refractivity contribution in [1.29, 1.82) is 0 Å². The van der Waals surface area contributed by atoms with Crippen LogP contribution >= 0.6 is 0 Å². The number of aryl methyl sites for hydroxylation is 2. The topological polar surface area (TPSA) is 102 Å². The van der Waals surface area contributed by atoms with Crippen LogP contribution in [0.2, 0.25) is 0 Å². The highest BCUT2D eigenvalue weighted by molar-refractivity contribution is 6.09. The molecule has 0 fully saturated rings. The number of fused-ring (bicyclic) bond motifs is 2. The van der Waals surface area contributed by atoms with E-state index in [0.717, 1.165) is 5.56 Å². The zero-order valence-electron chi connectivity index (χ0n) is 13.5. The number of ether oxygens (including phenoxy) is 1. The summed E-state index contributed by atoms with van der Waals surface area (Å²) in [5.74, 6) is -1.32. The smallest absolute Gasteiger partial charge is 0.343 e. The Bertz CT molecular complexity index is 1050. The third kappa shape index (κ3) is 2.17. The zero-order chi connectivity index (χ0) is 17.6. The molecule has 0 unspecified atom stereocenters. The first-order chi connectivity index (χ1) is 11.4. The van der Waals surface area contributed by atoms with Gasteiger partial charge >= 0.3 is 5.97 Å². The first-order valence-electron chi connectivity index (χ1n) is 7.37. The summed E-state index contributed by atoms with van der Waals surface area (Å²) in [4.78, 5) is 28.8. The van der Waals surface area contributed by atoms with Crippen LogP contribution in [-0.2, 0) is 11.8 Å². The molecule has 3 rings (SSSR count). The lowest BCUT2D eigenvalue weighted by molar-refractivity contribution is 0.0524. The Hall–Kier alpha value is -3.09. The van der Waals surface area contributed by atoms with Gasteiger partial charge in [-0.25, -0.2) is 4.79 Å². The maximum atomic E-state index is 12.7. The van der Waals surface area contributed by atoms with Crippen molar-refractivity contribution in [1.82, 2.24) is 9.55 Å². The molecule has 24 heavy (non-hydrogen) atoms. The molecule has 0 atom stereocenters. The normalized spacial score (nSPS) is 11.1. The van der Waals surface area contributed by atoms with Gasteiger partial charge in [-0.3, -0.25) is 9.78 Å². The summed E-state index contributed by atoms with van der Waals surface area (Å²) in [6.07, 6.45) is 2.83. The Kier molecular flexibility index (Phi) is 3.63. The van der Waals surface area contributed by atoms with Crippen LogP contribution in [0.3, 0.4) is 0 Å². The number of benzene rings is 1. The van der Waals surface area contributed by atoms with Gasteiger partial charge in [0, 0.05) is 24.8 Å². The molecule has 2 heterocycles. The van der Waals surface area contributed by atoms with Crippen LogP contribution in [-0.4, -0.2) is 32.3 Å². The summed E-state index contributed by atoms with van der Waals surface area (Å²) in [7, 11) is 1.56. The van der Waals surface area contributed by atoms with E-state index in [1.807, 2.05) is 0 Å². The van der Waals surface area contributed by atoms with Crippen molar-refractivity contribution in [2.75, 3.05) is 6.61 Å². The predicted octanol–water partition coefficient (Wildman–Crippen LogP) is 1.98. The molecule has 0 saturated heterocycles. The van der Waals surface area contributed by atoms with Crippen molar-refractivity contribution in [3.05, 3.63) is 39.8 Å². The molecule has 7 heteroatoms. The molecule has 124 valence electrons. The van der Waals surface area contributed by atoms with E-state index in [0.29, 0.717) is 0 Å². The molecule has 0 amide bonds. The molecule has 0 spiro atoms. The van der Waals surface area contributed by atoms with Crippen LogP contribution in [0.15, 0.2) is 23.3 Å². The number of rotatable bonds is 2. The van der Waals surface area contributed by atoms with Gasteiger partial charge in [0.15, 0.2) is 5.75 Å². The van der Waals surface area contributed by atoms with Crippen molar-refractivity contribution in [3.8, 4) is 11.5 Å². The molecule has 0 radical (unpaired) electrons. The number of hydrogen-bond acceptors (Lipinski definition) is 6. The van der Waals surface area contributed by atoms with E-state index in [1.165, 1.54) is 10.8 Å². The van der Waals surface area contributed by atoms with Crippen molar-refractivity contribution >= 4 is 27.8 Å². The third-order valence-corrected chi connectivity index (χ3v) is 3.84. The molecule has 1 aromatic carbocycles. The highest BCUT2D eigenvalue weighted by atomic mass is 16.5. The molecule has 2 aromatic heterocycles. The fourth-order valence-electron chi connectivity index (χ4n) is 2.78. The van der Waals surface area contributed by atoms with E-state index >= 15 is 0 Å². The van der Waals surface area contributed by atoms with Gasteiger partial charge in [0.1, 0.15) is 22.3 Å². The number of pyridine rings is 2. The summed E-state index contributed by atoms with van der Waals surface area (Å²) in [5, 5.41) is 21.2. The second-order valence-corrected chi connectivity index (χ2v) is 5.53. The van der Waals surface area contributed by atoms with Gasteiger partial charge < -0.3 is 19.5 Å². The largest absolute Gasteiger partial charge is 0.506 e. The molecule has 2 N–H and O–H groups in total. The number of esters is 1. The lowest BCUT2D eigenvalue weighted by atomic mass is 10.0. The lowest BCUT2D eigenvalue weighted by Gasteiger charge is -2.13. The fraction of sp³-hybridized carbons (Fsp3) is 0.235. The van der Waals surface area contributed by atoms with Crippen molar-refractivity contribution in [2.24, 2.45) is 7.05 Å². The minimum atomic E-state index is -0.777. The Morgan fingerprint density at radius 1 is 1.33 bits per heavy atom. The minimum Gasteiger partial charge on any atom is -0.506 e. The summed E-state index contributed by atoms with van der Waals surface area (Å²) >= 11 is 0. The second-order valence-electron chi connectivity index (χ2n) is 5.53. The molecule has 0 saturated carbocycles. The standard InChI is InChI=1S/C17H16N2O5/c1-4-24-17(23)10-7-19(3)13-11(15(10)21)14(20)9-5-8(2)6-18-12(9)16(13)22/h5-7,20,22H,4H2,1-3H3. The average molecular weight is 328 g/mol. The van der Waals surface area contributed by atoms with Crippen LogP contribution < -0.4 is 5.43 Å². The minimum absolute atomic E-state index is 0.106. The Morgan fingerprint density at radius 2 is 2.04 bits per heavy atom. The van der Waals surface area contributed by atoms with Crippen LogP contribution in [0.5, 0.6) is 11.5 Å². The van der Waals surface area contributed by atoms with Crippen molar-refractivity contribution < 1.29 is 19.7 Å². The number of aromatic hydroxyl groups is 2. The third-order valence-electron chi connectivity index (χ3n) is 3.84. The Balaban J connectivity index is 2.53. The van der Waals surface area contributed by atoms with E-state index in [4.69, 9.17) is 4.74 Å². The number of phenols is 2. The van der Waals surface area contributed by atoms with Crippen LogP contribution in [0.4, 0.5) is 0 Å². The summed E-state index contributed by atoms with van der Waals surface area (Å²) in [6.45, 7) is 3.53. The molecular formula is C17H16N2O5. The summed E-state index contributed by atoms with van der Waals surface area (Å²) in [6, 6.07) is 1.62. The van der Waals surface area contributed by atoms with Gasteiger partial charge in [0.25, 0.3) is 0 Å². The molecular weight excluding hydrogens is 312 g/mol. The molecule has 0 aliphatic carbocycles. The number of phenolic OH excluding ortho intramolecular Hbond substituents is 2. The molecule has 0 aliphatic rings. The zero-order valence-corrected chi connectivity index (χ0v) is 13.5. The van der Waals surface area contributed by atoms with Crippen molar-refractivity contribution in [2.45, 2.75) is 13.8 Å². The maximum absolute atomic E-state index is 12.7. The number of carbonyl (C=O) groups excluding carboxylic acids is 1. The van der Waals surface area contributed by atoms with Gasteiger partial charge in [-0.05, 0) is 25.5 Å². The lowest BCUT2D eigenvalue weighted by Crippen LogP contribution is -2.20. The average Bonchev–Trinajstić information content (AvgIpc) is 2.54. The molecule has 0 bridgehead atoms. The Labute approximate surface area is 136 Å². The molecule has 0 aliphatic heterocycles. The number of carbonyl (C=O) groups is 1. The number of aromatic nitrogens is 2. The molecule has 3 aromatic rings. The van der Waals surface area contributed by atoms with Gasteiger partial charge in [0.05, 0.1) is 12.0 Å².